The van der Waals surface area contributed by atoms with Crippen LogP contribution in [-0.2, 0) is 4.74 Å². The third-order valence-electron chi connectivity index (χ3n) is 3.32. The van der Waals surface area contributed by atoms with Gasteiger partial charge in [-0.15, -0.1) is 0 Å². The highest BCUT2D eigenvalue weighted by Gasteiger charge is 2.10. The second-order valence-electron chi connectivity index (χ2n) is 4.93. The molecule has 122 valence electrons. The van der Waals surface area contributed by atoms with Crippen molar-refractivity contribution in [2.75, 3.05) is 11.9 Å². The molecule has 3 rings (SSSR count). The van der Waals surface area contributed by atoms with Gasteiger partial charge < -0.3 is 10.1 Å². The normalized spacial score (nSPS) is 10.6. The summed E-state index contributed by atoms with van der Waals surface area (Å²) < 4.78 is 6.79. The van der Waals surface area contributed by atoms with E-state index >= 15 is 0 Å². The summed E-state index contributed by atoms with van der Waals surface area (Å²) in [7, 11) is 0. The average molecular weight is 451 g/mol. The fourth-order valence-electron chi connectivity index (χ4n) is 2.23. The van der Waals surface area contributed by atoms with Crippen LogP contribution in [-0.4, -0.2) is 22.5 Å². The molecular weight excluding hydrogens is 438 g/mol. The van der Waals surface area contributed by atoms with Gasteiger partial charge >= 0.3 is 5.97 Å². The van der Waals surface area contributed by atoms with Crippen LogP contribution in [0.15, 0.2) is 51.7 Å². The molecule has 0 bridgehead atoms. The van der Waals surface area contributed by atoms with Gasteiger partial charge in [-0.3, -0.25) is 0 Å². The first-order valence-corrected chi connectivity index (χ1v) is 8.81. The maximum atomic E-state index is 11.7. The molecule has 0 aliphatic heterocycles. The van der Waals surface area contributed by atoms with E-state index in [1.807, 2.05) is 24.3 Å². The molecule has 1 aromatic heterocycles. The molecule has 0 saturated heterocycles. The Kier molecular flexibility index (Phi) is 5.11. The monoisotopic (exact) mass is 449 g/mol. The van der Waals surface area contributed by atoms with Gasteiger partial charge in [-0.25, -0.2) is 14.8 Å². The van der Waals surface area contributed by atoms with Crippen molar-refractivity contribution in [3.63, 3.8) is 0 Å². The Balaban J connectivity index is 1.91. The van der Waals surface area contributed by atoms with Gasteiger partial charge in [-0.2, -0.15) is 0 Å². The highest BCUT2D eigenvalue weighted by atomic mass is 79.9. The summed E-state index contributed by atoms with van der Waals surface area (Å²) in [5.74, 6) is 0.357. The summed E-state index contributed by atoms with van der Waals surface area (Å²) in [5.41, 5.74) is 2.15. The van der Waals surface area contributed by atoms with E-state index in [4.69, 9.17) is 4.74 Å². The summed E-state index contributed by atoms with van der Waals surface area (Å²) in [6.45, 7) is 2.14. The van der Waals surface area contributed by atoms with Crippen LogP contribution >= 0.6 is 31.9 Å². The summed E-state index contributed by atoms with van der Waals surface area (Å²) in [4.78, 5) is 20.3. The van der Waals surface area contributed by atoms with Gasteiger partial charge in [0.25, 0.3) is 0 Å². The summed E-state index contributed by atoms with van der Waals surface area (Å²) >= 11 is 6.99. The van der Waals surface area contributed by atoms with Crippen LogP contribution in [0.3, 0.4) is 0 Å². The number of nitrogens with one attached hydrogen (secondary N) is 1. The molecule has 3 aromatic rings. The predicted molar refractivity (Wildman–Crippen MR) is 101 cm³/mol. The van der Waals surface area contributed by atoms with Crippen LogP contribution < -0.4 is 5.32 Å². The summed E-state index contributed by atoms with van der Waals surface area (Å²) in [6, 6.07) is 11.0. The molecule has 1 heterocycles. The van der Waals surface area contributed by atoms with Crippen molar-refractivity contribution in [3.8, 4) is 0 Å². The lowest BCUT2D eigenvalue weighted by Gasteiger charge is -2.10. The number of aromatic nitrogens is 2. The Morgan fingerprint density at radius 1 is 1.17 bits per heavy atom. The minimum absolute atomic E-state index is 0.329. The molecule has 0 aliphatic rings. The third kappa shape index (κ3) is 3.57. The molecule has 0 saturated carbocycles. The van der Waals surface area contributed by atoms with Crippen LogP contribution in [0.25, 0.3) is 10.9 Å². The maximum Gasteiger partial charge on any atom is 0.338 e. The highest BCUT2D eigenvalue weighted by Crippen LogP contribution is 2.31. The summed E-state index contributed by atoms with van der Waals surface area (Å²) in [5, 5.41) is 4.14. The van der Waals surface area contributed by atoms with E-state index in [-0.39, 0.29) is 5.97 Å². The van der Waals surface area contributed by atoms with Gasteiger partial charge in [-0.1, -0.05) is 15.9 Å². The number of hydrogen-bond acceptors (Lipinski definition) is 5. The quantitative estimate of drug-likeness (QED) is 0.561. The standard InChI is InChI=1S/C17H13Br2N3O2/c1-2-24-17(23)10-3-5-12(6-4-10)22-16-13-7-11(18)8-14(19)15(13)20-9-21-16/h3-9H,2H2,1H3,(H,20,21,22). The van der Waals surface area contributed by atoms with Gasteiger partial charge in [0, 0.05) is 20.0 Å². The predicted octanol–water partition coefficient (Wildman–Crippen LogP) is 5.08. The molecule has 0 unspecified atom stereocenters. The van der Waals surface area contributed by atoms with Crippen LogP contribution in [0.5, 0.6) is 0 Å². The van der Waals surface area contributed by atoms with Crippen LogP contribution in [0, 0.1) is 0 Å². The molecule has 0 radical (unpaired) electrons. The number of esters is 1. The minimum atomic E-state index is -0.329. The number of anilines is 2. The van der Waals surface area contributed by atoms with E-state index in [1.54, 1.807) is 19.1 Å². The number of nitrogens with zero attached hydrogens (tertiary/aromatic N) is 2. The Morgan fingerprint density at radius 2 is 1.92 bits per heavy atom. The minimum Gasteiger partial charge on any atom is -0.462 e. The molecule has 0 amide bonds. The largest absolute Gasteiger partial charge is 0.462 e. The van der Waals surface area contributed by atoms with Crippen molar-refractivity contribution < 1.29 is 9.53 Å². The van der Waals surface area contributed by atoms with Crippen molar-refractivity contribution in [1.82, 2.24) is 9.97 Å². The highest BCUT2D eigenvalue weighted by molar-refractivity contribution is 9.11. The molecule has 24 heavy (non-hydrogen) atoms. The lowest BCUT2D eigenvalue weighted by atomic mass is 10.2. The molecule has 0 atom stereocenters. The maximum absolute atomic E-state index is 11.7. The van der Waals surface area contributed by atoms with Crippen molar-refractivity contribution in [2.24, 2.45) is 0 Å². The van der Waals surface area contributed by atoms with Crippen LogP contribution in [0.4, 0.5) is 11.5 Å². The lowest BCUT2D eigenvalue weighted by molar-refractivity contribution is 0.0526. The van der Waals surface area contributed by atoms with E-state index < -0.39 is 0 Å². The second kappa shape index (κ2) is 7.27. The van der Waals surface area contributed by atoms with E-state index in [1.165, 1.54) is 6.33 Å². The molecule has 0 aliphatic carbocycles. The number of fused-ring (bicyclic) bond motifs is 1. The van der Waals surface area contributed by atoms with Crippen molar-refractivity contribution in [2.45, 2.75) is 6.92 Å². The molecule has 7 heteroatoms. The zero-order valence-corrected chi connectivity index (χ0v) is 15.9. The summed E-state index contributed by atoms with van der Waals surface area (Å²) in [6.07, 6.45) is 1.51. The van der Waals surface area contributed by atoms with Crippen LogP contribution in [0.2, 0.25) is 0 Å². The number of carbonyl (C=O) groups is 1. The lowest BCUT2D eigenvalue weighted by Crippen LogP contribution is -2.04. The topological polar surface area (TPSA) is 64.1 Å². The SMILES string of the molecule is CCOC(=O)c1ccc(Nc2ncnc3c(Br)cc(Br)cc23)cc1. The van der Waals surface area contributed by atoms with E-state index in [9.17, 15) is 4.79 Å². The van der Waals surface area contributed by atoms with Gasteiger partial charge in [0.15, 0.2) is 0 Å². The number of hydrogen-bond donors (Lipinski definition) is 1. The zero-order valence-electron chi connectivity index (χ0n) is 12.7. The molecule has 5 nitrogen and oxygen atoms in total. The fraction of sp³-hybridized carbons (Fsp3) is 0.118. The molecule has 1 N–H and O–H groups in total. The van der Waals surface area contributed by atoms with Crippen molar-refractivity contribution in [1.29, 1.82) is 0 Å². The van der Waals surface area contributed by atoms with E-state index in [0.29, 0.717) is 18.0 Å². The fourth-order valence-corrected chi connectivity index (χ4v) is 3.56. The third-order valence-corrected chi connectivity index (χ3v) is 4.38. The number of benzene rings is 2. The van der Waals surface area contributed by atoms with Crippen LogP contribution in [0.1, 0.15) is 17.3 Å². The number of halogens is 2. The Hall–Kier alpha value is -1.99. The molecule has 0 spiro atoms. The number of ether oxygens (including phenoxy) is 1. The Labute approximate surface area is 155 Å². The Morgan fingerprint density at radius 3 is 2.62 bits per heavy atom. The van der Waals surface area contributed by atoms with E-state index in [0.717, 1.165) is 25.5 Å². The first-order chi connectivity index (χ1) is 11.6. The first kappa shape index (κ1) is 16.9. The zero-order chi connectivity index (χ0) is 17.1. The number of rotatable bonds is 4. The average Bonchev–Trinajstić information content (AvgIpc) is 2.56. The van der Waals surface area contributed by atoms with Gasteiger partial charge in [0.1, 0.15) is 12.1 Å². The van der Waals surface area contributed by atoms with Crippen molar-refractivity contribution >= 4 is 60.2 Å². The molecule has 2 aromatic carbocycles. The van der Waals surface area contributed by atoms with E-state index in [2.05, 4.69) is 47.1 Å². The smallest absolute Gasteiger partial charge is 0.338 e. The molecular formula is C17H13Br2N3O2. The van der Waals surface area contributed by atoms with Crippen molar-refractivity contribution in [3.05, 3.63) is 57.2 Å². The molecule has 0 fully saturated rings. The van der Waals surface area contributed by atoms with Gasteiger partial charge in [-0.05, 0) is 59.3 Å². The second-order valence-corrected chi connectivity index (χ2v) is 6.70. The van der Waals surface area contributed by atoms with Gasteiger partial charge in [0.05, 0.1) is 17.7 Å². The number of carbonyl (C=O) groups excluding carboxylic acids is 1. The first-order valence-electron chi connectivity index (χ1n) is 7.22. The Bertz CT molecular complexity index is 898. The van der Waals surface area contributed by atoms with Gasteiger partial charge in [0.2, 0.25) is 0 Å².